The van der Waals surface area contributed by atoms with Gasteiger partial charge in [-0.2, -0.15) is 0 Å². The zero-order valence-electron chi connectivity index (χ0n) is 12.1. The Morgan fingerprint density at radius 2 is 1.82 bits per heavy atom. The topological polar surface area (TPSA) is 71.5 Å². The van der Waals surface area contributed by atoms with Gasteiger partial charge in [0.2, 0.25) is 9.05 Å². The van der Waals surface area contributed by atoms with Gasteiger partial charge in [0.1, 0.15) is 0 Å². The summed E-state index contributed by atoms with van der Waals surface area (Å²) < 4.78 is 22.7. The molecule has 0 saturated heterocycles. The fraction of sp³-hybridized carbons (Fsp3) is 0.600. The van der Waals surface area contributed by atoms with Gasteiger partial charge < -0.3 is 0 Å². The molecule has 3 aliphatic rings. The van der Waals surface area contributed by atoms with Gasteiger partial charge in [0.15, 0.2) is 0 Å². The maximum atomic E-state index is 12.3. The number of hydrogen-bond donors (Lipinski definition) is 0. The van der Waals surface area contributed by atoms with Crippen LogP contribution in [-0.2, 0) is 18.6 Å². The molecular formula is C15H18ClNO4S. The van der Waals surface area contributed by atoms with E-state index in [0.717, 1.165) is 6.42 Å². The molecule has 0 atom stereocenters. The minimum Gasteiger partial charge on any atom is -0.274 e. The first-order chi connectivity index (χ1) is 10.4. The highest BCUT2D eigenvalue weighted by molar-refractivity contribution is 8.14. The van der Waals surface area contributed by atoms with Crippen LogP contribution in [-0.4, -0.2) is 36.9 Å². The molecule has 1 aliphatic heterocycles. The van der Waals surface area contributed by atoms with Crippen LogP contribution < -0.4 is 0 Å². The summed E-state index contributed by atoms with van der Waals surface area (Å²) in [5.74, 6) is -0.215. The number of imide groups is 1. The van der Waals surface area contributed by atoms with Crippen molar-refractivity contribution in [2.75, 3.05) is 6.54 Å². The number of amides is 2. The molecule has 1 heterocycles. The Morgan fingerprint density at radius 1 is 1.14 bits per heavy atom. The highest BCUT2D eigenvalue weighted by Crippen LogP contribution is 2.34. The average molecular weight is 344 g/mol. The van der Waals surface area contributed by atoms with Crippen molar-refractivity contribution in [2.45, 2.75) is 43.8 Å². The second-order valence-electron chi connectivity index (χ2n) is 6.17. The van der Waals surface area contributed by atoms with Crippen LogP contribution in [0, 0.1) is 5.92 Å². The van der Waals surface area contributed by atoms with Crippen molar-refractivity contribution in [3.05, 3.63) is 23.3 Å². The van der Waals surface area contributed by atoms with E-state index in [1.54, 1.807) is 6.08 Å². The summed E-state index contributed by atoms with van der Waals surface area (Å²) in [5.41, 5.74) is 1.16. The molecule has 120 valence electrons. The largest absolute Gasteiger partial charge is 0.274 e. The van der Waals surface area contributed by atoms with Crippen molar-refractivity contribution in [2.24, 2.45) is 5.92 Å². The molecule has 1 fully saturated rings. The summed E-state index contributed by atoms with van der Waals surface area (Å²) in [7, 11) is 1.89. The lowest BCUT2D eigenvalue weighted by atomic mass is 9.88. The van der Waals surface area contributed by atoms with Crippen LogP contribution in [0.5, 0.6) is 0 Å². The summed E-state index contributed by atoms with van der Waals surface area (Å²) in [6, 6.07) is 0. The summed E-state index contributed by atoms with van der Waals surface area (Å²) in [4.78, 5) is 26.0. The predicted octanol–water partition coefficient (Wildman–Crippen LogP) is 2.13. The monoisotopic (exact) mass is 343 g/mol. The Kier molecular flexibility index (Phi) is 4.16. The van der Waals surface area contributed by atoms with Crippen molar-refractivity contribution >= 4 is 31.5 Å². The van der Waals surface area contributed by atoms with E-state index in [0.29, 0.717) is 49.8 Å². The lowest BCUT2D eigenvalue weighted by Crippen LogP contribution is -2.38. The molecule has 0 N–H and O–H groups in total. The van der Waals surface area contributed by atoms with Crippen LogP contribution in [0.2, 0.25) is 0 Å². The van der Waals surface area contributed by atoms with Gasteiger partial charge in [-0.1, -0.05) is 12.2 Å². The van der Waals surface area contributed by atoms with Gasteiger partial charge in [-0.05, 0) is 44.4 Å². The first-order valence-corrected chi connectivity index (χ1v) is 9.94. The Morgan fingerprint density at radius 3 is 2.41 bits per heavy atom. The van der Waals surface area contributed by atoms with E-state index in [-0.39, 0.29) is 17.7 Å². The summed E-state index contributed by atoms with van der Waals surface area (Å²) in [6.07, 6.45) is 7.44. The molecule has 2 amide bonds. The zero-order chi connectivity index (χ0) is 15.9. The van der Waals surface area contributed by atoms with Gasteiger partial charge in [0.05, 0.1) is 5.25 Å². The molecular weight excluding hydrogens is 326 g/mol. The third-order valence-corrected chi connectivity index (χ3v) is 6.81. The van der Waals surface area contributed by atoms with Crippen molar-refractivity contribution in [1.82, 2.24) is 4.90 Å². The van der Waals surface area contributed by atoms with Crippen LogP contribution in [0.15, 0.2) is 23.3 Å². The fourth-order valence-electron chi connectivity index (χ4n) is 3.51. The molecule has 0 aromatic carbocycles. The van der Waals surface area contributed by atoms with Gasteiger partial charge >= 0.3 is 0 Å². The highest BCUT2D eigenvalue weighted by atomic mass is 35.7. The second-order valence-corrected chi connectivity index (χ2v) is 9.08. The summed E-state index contributed by atoms with van der Waals surface area (Å²) in [6.45, 7) is 0.383. The molecule has 1 saturated carbocycles. The molecule has 22 heavy (non-hydrogen) atoms. The zero-order valence-corrected chi connectivity index (χ0v) is 13.7. The van der Waals surface area contributed by atoms with E-state index in [1.165, 1.54) is 4.90 Å². The molecule has 0 spiro atoms. The first kappa shape index (κ1) is 15.7. The second kappa shape index (κ2) is 5.81. The molecule has 0 unspecified atom stereocenters. The third-order valence-electron chi connectivity index (χ3n) is 4.78. The highest BCUT2D eigenvalue weighted by Gasteiger charge is 2.39. The van der Waals surface area contributed by atoms with Gasteiger partial charge in [0, 0.05) is 28.4 Å². The van der Waals surface area contributed by atoms with Crippen LogP contribution in [0.3, 0.4) is 0 Å². The molecule has 5 nitrogen and oxygen atoms in total. The van der Waals surface area contributed by atoms with E-state index in [2.05, 4.69) is 0 Å². The van der Waals surface area contributed by atoms with Crippen LogP contribution in [0.4, 0.5) is 0 Å². The lowest BCUT2D eigenvalue weighted by molar-refractivity contribution is -0.138. The van der Waals surface area contributed by atoms with Crippen molar-refractivity contribution in [3.8, 4) is 0 Å². The lowest BCUT2D eigenvalue weighted by Gasteiger charge is -2.29. The number of carbonyl (C=O) groups excluding carboxylic acids is 2. The number of halogens is 1. The van der Waals surface area contributed by atoms with Crippen LogP contribution >= 0.6 is 10.7 Å². The molecule has 3 rings (SSSR count). The molecule has 0 aromatic heterocycles. The Labute approximate surface area is 134 Å². The molecule has 0 bridgehead atoms. The fourth-order valence-corrected chi connectivity index (χ4v) is 4.88. The summed E-state index contributed by atoms with van der Waals surface area (Å²) >= 11 is 0. The number of carbonyl (C=O) groups is 2. The number of nitrogens with zero attached hydrogens (tertiary/aromatic N) is 1. The Bertz CT molecular complexity index is 672. The Hall–Kier alpha value is -1.14. The van der Waals surface area contributed by atoms with Gasteiger partial charge in [0.25, 0.3) is 11.8 Å². The third kappa shape index (κ3) is 2.86. The number of rotatable bonds is 3. The maximum Gasteiger partial charge on any atom is 0.261 e. The molecule has 0 aromatic rings. The maximum absolute atomic E-state index is 12.3. The van der Waals surface area contributed by atoms with Crippen molar-refractivity contribution in [3.63, 3.8) is 0 Å². The number of allylic oxidation sites excluding steroid dienone is 1. The SMILES string of the molecule is O=C1C2=C(CCC=C2)C(=O)N1CC1CCC(S(=O)(=O)Cl)CC1. The normalized spacial score (nSPS) is 29.2. The van der Waals surface area contributed by atoms with E-state index in [1.807, 2.05) is 6.08 Å². The van der Waals surface area contributed by atoms with E-state index in [9.17, 15) is 18.0 Å². The summed E-state index contributed by atoms with van der Waals surface area (Å²) in [5, 5.41) is -0.496. The van der Waals surface area contributed by atoms with Gasteiger partial charge in [-0.3, -0.25) is 14.5 Å². The minimum atomic E-state index is -3.51. The van der Waals surface area contributed by atoms with Crippen molar-refractivity contribution < 1.29 is 18.0 Å². The van der Waals surface area contributed by atoms with Crippen LogP contribution in [0.1, 0.15) is 38.5 Å². The Balaban J connectivity index is 1.63. The quantitative estimate of drug-likeness (QED) is 0.581. The first-order valence-electron chi connectivity index (χ1n) is 7.57. The van der Waals surface area contributed by atoms with E-state index in [4.69, 9.17) is 10.7 Å². The van der Waals surface area contributed by atoms with Gasteiger partial charge in [-0.25, -0.2) is 8.42 Å². The molecule has 0 radical (unpaired) electrons. The minimum absolute atomic E-state index is 0.160. The van der Waals surface area contributed by atoms with Crippen LogP contribution in [0.25, 0.3) is 0 Å². The van der Waals surface area contributed by atoms with Crippen molar-refractivity contribution in [1.29, 1.82) is 0 Å². The standard InChI is InChI=1S/C15H18ClNO4S/c16-22(20,21)11-7-5-10(6-8-11)9-17-14(18)12-3-1-2-4-13(12)15(17)19/h1,3,10-11H,2,4-9H2. The smallest absolute Gasteiger partial charge is 0.261 e. The van der Waals surface area contributed by atoms with E-state index >= 15 is 0 Å². The van der Waals surface area contributed by atoms with E-state index < -0.39 is 14.3 Å². The number of hydrogen-bond acceptors (Lipinski definition) is 4. The predicted molar refractivity (Wildman–Crippen MR) is 82.6 cm³/mol. The van der Waals surface area contributed by atoms with Gasteiger partial charge in [-0.15, -0.1) is 0 Å². The molecule has 7 heteroatoms. The average Bonchev–Trinajstić information content (AvgIpc) is 2.73. The molecule has 2 aliphatic carbocycles.